The fourth-order valence-corrected chi connectivity index (χ4v) is 1.78. The number of alkyl halides is 1. The molecular weight excluding hydrogens is 257 g/mol. The largest absolute Gasteiger partial charge is 0.431 e. The highest BCUT2D eigenvalue weighted by Gasteiger charge is 2.23. The van der Waals surface area contributed by atoms with Crippen LogP contribution in [0.5, 0.6) is 0 Å². The predicted molar refractivity (Wildman–Crippen MR) is 69.1 cm³/mol. The number of carbonyl (C=O) groups is 1. The maximum absolute atomic E-state index is 13.2. The van der Waals surface area contributed by atoms with Gasteiger partial charge in [-0.05, 0) is 24.1 Å². The van der Waals surface area contributed by atoms with Gasteiger partial charge < -0.3 is 10.5 Å². The van der Waals surface area contributed by atoms with E-state index in [0.717, 1.165) is 0 Å². The molecule has 2 N–H and O–H groups in total. The van der Waals surface area contributed by atoms with Crippen LogP contribution in [-0.4, -0.2) is 18.9 Å². The lowest BCUT2D eigenvalue weighted by Crippen LogP contribution is -2.26. The number of halogens is 2. The summed E-state index contributed by atoms with van der Waals surface area (Å²) in [6.07, 6.45) is -0.770. The van der Waals surface area contributed by atoms with Gasteiger partial charge in [-0.1, -0.05) is 30.7 Å². The van der Waals surface area contributed by atoms with Crippen LogP contribution in [0.15, 0.2) is 24.3 Å². The van der Waals surface area contributed by atoms with Crippen molar-refractivity contribution in [2.75, 3.05) is 6.54 Å². The molecule has 0 fully saturated rings. The Kier molecular flexibility index (Phi) is 6.09. The number of hydrogen-bond acceptors (Lipinski definition) is 3. The molecule has 100 valence electrons. The van der Waals surface area contributed by atoms with Crippen molar-refractivity contribution in [2.45, 2.75) is 32.0 Å². The van der Waals surface area contributed by atoms with Gasteiger partial charge >= 0.3 is 5.97 Å². The summed E-state index contributed by atoms with van der Waals surface area (Å²) in [7, 11) is 0. The Bertz CT molecular complexity index is 400. The van der Waals surface area contributed by atoms with E-state index in [2.05, 4.69) is 0 Å². The average Bonchev–Trinajstić information content (AvgIpc) is 2.30. The molecule has 0 aliphatic heterocycles. The minimum absolute atomic E-state index is 0.0536. The summed E-state index contributed by atoms with van der Waals surface area (Å²) in [5.74, 6) is -1.33. The van der Waals surface area contributed by atoms with Gasteiger partial charge in [0, 0.05) is 18.0 Å². The van der Waals surface area contributed by atoms with Crippen molar-refractivity contribution in [2.24, 2.45) is 5.73 Å². The molecule has 0 saturated carbocycles. The normalized spacial score (nSPS) is 14.0. The first-order chi connectivity index (χ1) is 8.58. The first-order valence-corrected chi connectivity index (χ1v) is 6.26. The molecule has 0 radical (unpaired) electrons. The smallest absolute Gasteiger partial charge is 0.317 e. The Morgan fingerprint density at radius 1 is 1.56 bits per heavy atom. The summed E-state index contributed by atoms with van der Waals surface area (Å²) in [4.78, 5) is 11.8. The zero-order valence-electron chi connectivity index (χ0n) is 10.2. The van der Waals surface area contributed by atoms with Gasteiger partial charge in [-0.15, -0.1) is 0 Å². The van der Waals surface area contributed by atoms with Gasteiger partial charge in [-0.25, -0.2) is 4.39 Å². The summed E-state index contributed by atoms with van der Waals surface area (Å²) in [6, 6.07) is 6.76. The van der Waals surface area contributed by atoms with Crippen LogP contribution in [0.1, 0.15) is 31.2 Å². The molecular formula is C13H17ClFNO2. The number of rotatable bonds is 6. The third-order valence-corrected chi connectivity index (χ3v) is 2.77. The highest BCUT2D eigenvalue weighted by atomic mass is 35.5. The molecule has 5 heteroatoms. The highest BCUT2D eigenvalue weighted by molar-refractivity contribution is 6.30. The van der Waals surface area contributed by atoms with Gasteiger partial charge in [0.25, 0.3) is 0 Å². The first-order valence-electron chi connectivity index (χ1n) is 5.88. The molecule has 0 bridgehead atoms. The van der Waals surface area contributed by atoms with E-state index in [1.807, 2.05) is 6.92 Å². The van der Waals surface area contributed by atoms with Gasteiger partial charge in [0.2, 0.25) is 6.36 Å². The molecule has 2 unspecified atom stereocenters. The van der Waals surface area contributed by atoms with Crippen LogP contribution in [-0.2, 0) is 9.53 Å². The maximum Gasteiger partial charge on any atom is 0.317 e. The van der Waals surface area contributed by atoms with Crippen LogP contribution in [0.25, 0.3) is 0 Å². The Labute approximate surface area is 111 Å². The van der Waals surface area contributed by atoms with Gasteiger partial charge in [0.1, 0.15) is 0 Å². The molecule has 1 aromatic carbocycles. The van der Waals surface area contributed by atoms with E-state index in [-0.39, 0.29) is 13.0 Å². The number of hydrogen-bond donors (Lipinski definition) is 1. The van der Waals surface area contributed by atoms with Crippen molar-refractivity contribution in [1.82, 2.24) is 0 Å². The van der Waals surface area contributed by atoms with E-state index >= 15 is 0 Å². The fourth-order valence-electron chi connectivity index (χ4n) is 1.59. The van der Waals surface area contributed by atoms with Crippen LogP contribution in [0.2, 0.25) is 5.02 Å². The maximum atomic E-state index is 13.2. The van der Waals surface area contributed by atoms with E-state index in [1.54, 1.807) is 24.3 Å². The second-order valence-electron chi connectivity index (χ2n) is 3.98. The number of carbonyl (C=O) groups excluding carboxylic acids is 1. The first kappa shape index (κ1) is 14.9. The van der Waals surface area contributed by atoms with Crippen molar-refractivity contribution in [3.8, 4) is 0 Å². The molecule has 0 heterocycles. The molecule has 3 nitrogen and oxygen atoms in total. The van der Waals surface area contributed by atoms with E-state index < -0.39 is 18.2 Å². The lowest BCUT2D eigenvalue weighted by molar-refractivity contribution is -0.160. The average molecular weight is 274 g/mol. The van der Waals surface area contributed by atoms with Gasteiger partial charge in [0.15, 0.2) is 0 Å². The Balaban J connectivity index is 2.74. The number of ether oxygens (including phenoxy) is 1. The van der Waals surface area contributed by atoms with Crippen LogP contribution in [0.4, 0.5) is 4.39 Å². The SMILES string of the molecule is CCCC(F)OC(=O)C(CN)c1cccc(Cl)c1. The molecule has 0 aliphatic rings. The van der Waals surface area contributed by atoms with Crippen molar-refractivity contribution < 1.29 is 13.9 Å². The van der Waals surface area contributed by atoms with E-state index in [4.69, 9.17) is 22.1 Å². The molecule has 18 heavy (non-hydrogen) atoms. The van der Waals surface area contributed by atoms with Gasteiger partial charge in [-0.3, -0.25) is 4.79 Å². The van der Waals surface area contributed by atoms with Gasteiger partial charge in [0.05, 0.1) is 5.92 Å². The van der Waals surface area contributed by atoms with Crippen LogP contribution in [0.3, 0.4) is 0 Å². The monoisotopic (exact) mass is 273 g/mol. The van der Waals surface area contributed by atoms with Crippen molar-refractivity contribution in [3.05, 3.63) is 34.9 Å². The minimum Gasteiger partial charge on any atom is -0.431 e. The quantitative estimate of drug-likeness (QED) is 0.811. The third kappa shape index (κ3) is 4.27. The third-order valence-electron chi connectivity index (χ3n) is 2.53. The van der Waals surface area contributed by atoms with E-state index in [9.17, 15) is 9.18 Å². The number of esters is 1. The van der Waals surface area contributed by atoms with E-state index in [1.165, 1.54) is 0 Å². The molecule has 1 rings (SSSR count). The zero-order valence-corrected chi connectivity index (χ0v) is 11.0. The van der Waals surface area contributed by atoms with E-state index in [0.29, 0.717) is 17.0 Å². The Morgan fingerprint density at radius 3 is 2.83 bits per heavy atom. The summed E-state index contributed by atoms with van der Waals surface area (Å²) in [6.45, 7) is 1.87. The number of nitrogens with two attached hydrogens (primary N) is 1. The second-order valence-corrected chi connectivity index (χ2v) is 4.42. The summed E-state index contributed by atoms with van der Waals surface area (Å²) in [5.41, 5.74) is 6.18. The highest BCUT2D eigenvalue weighted by Crippen LogP contribution is 2.21. The number of benzene rings is 1. The van der Waals surface area contributed by atoms with Crippen molar-refractivity contribution in [1.29, 1.82) is 0 Å². The van der Waals surface area contributed by atoms with Crippen LogP contribution in [0, 0.1) is 0 Å². The van der Waals surface area contributed by atoms with Crippen LogP contribution < -0.4 is 5.73 Å². The Hall–Kier alpha value is -1.13. The molecule has 1 aromatic rings. The molecule has 0 aliphatic carbocycles. The fraction of sp³-hybridized carbons (Fsp3) is 0.462. The molecule has 0 aromatic heterocycles. The van der Waals surface area contributed by atoms with Crippen molar-refractivity contribution in [3.63, 3.8) is 0 Å². The summed E-state index contributed by atoms with van der Waals surface area (Å²) in [5, 5.41) is 0.504. The lowest BCUT2D eigenvalue weighted by Gasteiger charge is -2.16. The topological polar surface area (TPSA) is 52.3 Å². The zero-order chi connectivity index (χ0) is 13.5. The second kappa shape index (κ2) is 7.34. The van der Waals surface area contributed by atoms with Crippen LogP contribution >= 0.6 is 11.6 Å². The lowest BCUT2D eigenvalue weighted by atomic mass is 9.99. The van der Waals surface area contributed by atoms with Gasteiger partial charge in [-0.2, -0.15) is 0 Å². The standard InChI is InChI=1S/C13H17ClFNO2/c1-2-4-12(15)18-13(17)11(8-16)9-5-3-6-10(14)7-9/h3,5-7,11-12H,2,4,8,16H2,1H3. The minimum atomic E-state index is -1.57. The Morgan fingerprint density at radius 2 is 2.28 bits per heavy atom. The molecule has 0 spiro atoms. The molecule has 0 amide bonds. The summed E-state index contributed by atoms with van der Waals surface area (Å²) >= 11 is 5.84. The predicted octanol–water partition coefficient (Wildman–Crippen LogP) is 3.02. The molecule has 0 saturated heterocycles. The molecule has 2 atom stereocenters. The van der Waals surface area contributed by atoms with Crippen molar-refractivity contribution >= 4 is 17.6 Å². The summed E-state index contributed by atoms with van der Waals surface area (Å²) < 4.78 is 17.9.